The quantitative estimate of drug-likeness (QED) is 0.741. The maximum atomic E-state index is 12.9. The number of ether oxygens (including phenoxy) is 2. The Labute approximate surface area is 95.5 Å². The molecule has 0 saturated carbocycles. The first-order chi connectivity index (χ1) is 8.15. The highest BCUT2D eigenvalue weighted by Crippen LogP contribution is 2.27. The van der Waals surface area contributed by atoms with E-state index in [1.54, 1.807) is 6.92 Å². The lowest BCUT2D eigenvalue weighted by Gasteiger charge is -2.26. The molecular formula is C9H11F2N3O3. The van der Waals surface area contributed by atoms with Crippen LogP contribution in [0.2, 0.25) is 0 Å². The monoisotopic (exact) mass is 247 g/mol. The molecule has 0 aliphatic carbocycles. The topological polar surface area (TPSA) is 66.2 Å². The van der Waals surface area contributed by atoms with Gasteiger partial charge in [0.15, 0.2) is 5.69 Å². The molecule has 0 atom stereocenters. The lowest BCUT2D eigenvalue weighted by Crippen LogP contribution is -2.32. The highest BCUT2D eigenvalue weighted by atomic mass is 19.3. The van der Waals surface area contributed by atoms with Crippen molar-refractivity contribution in [1.82, 2.24) is 15.0 Å². The molecule has 17 heavy (non-hydrogen) atoms. The van der Waals surface area contributed by atoms with E-state index in [4.69, 9.17) is 4.74 Å². The summed E-state index contributed by atoms with van der Waals surface area (Å²) in [6.45, 7) is 2.28. The molecule has 0 amide bonds. The molecule has 94 valence electrons. The van der Waals surface area contributed by atoms with Crippen LogP contribution in [0.5, 0.6) is 0 Å². The zero-order valence-electron chi connectivity index (χ0n) is 9.10. The Bertz CT molecular complexity index is 418. The van der Waals surface area contributed by atoms with Gasteiger partial charge in [0.2, 0.25) is 0 Å². The Morgan fingerprint density at radius 2 is 2.35 bits per heavy atom. The fourth-order valence-electron chi connectivity index (χ4n) is 1.48. The van der Waals surface area contributed by atoms with Gasteiger partial charge in [-0.05, 0) is 6.92 Å². The van der Waals surface area contributed by atoms with Crippen molar-refractivity contribution in [3.8, 4) is 0 Å². The summed E-state index contributed by atoms with van der Waals surface area (Å²) in [4.78, 5) is 11.4. The number of rotatable bonds is 4. The molecule has 8 heteroatoms. The molecule has 6 nitrogen and oxygen atoms in total. The minimum absolute atomic E-state index is 0.0981. The van der Waals surface area contributed by atoms with Crippen LogP contribution in [0.4, 0.5) is 8.78 Å². The van der Waals surface area contributed by atoms with Gasteiger partial charge in [-0.25, -0.2) is 18.3 Å². The van der Waals surface area contributed by atoms with Gasteiger partial charge in [0.1, 0.15) is 11.7 Å². The number of nitrogens with zero attached hydrogens (tertiary/aromatic N) is 3. The summed E-state index contributed by atoms with van der Waals surface area (Å²) < 4.78 is 36.4. The molecule has 0 N–H and O–H groups in total. The molecule has 1 aromatic heterocycles. The highest BCUT2D eigenvalue weighted by Gasteiger charge is 2.33. The van der Waals surface area contributed by atoms with Gasteiger partial charge in [-0.1, -0.05) is 5.21 Å². The van der Waals surface area contributed by atoms with Crippen molar-refractivity contribution in [2.24, 2.45) is 0 Å². The van der Waals surface area contributed by atoms with Crippen LogP contribution in [-0.2, 0) is 9.47 Å². The van der Waals surface area contributed by atoms with E-state index in [0.717, 1.165) is 4.68 Å². The molecule has 0 unspecified atom stereocenters. The molecule has 1 aliphatic rings. The minimum Gasteiger partial charge on any atom is -0.461 e. The normalized spacial score (nSPS) is 16.0. The maximum Gasteiger partial charge on any atom is 0.361 e. The molecule has 2 heterocycles. The summed E-state index contributed by atoms with van der Waals surface area (Å²) in [5.74, 6) is -0.880. The Morgan fingerprint density at radius 1 is 1.65 bits per heavy atom. The second-order valence-electron chi connectivity index (χ2n) is 3.48. The Morgan fingerprint density at radius 3 is 2.82 bits per heavy atom. The number of esters is 1. The molecule has 2 rings (SSSR count). The predicted molar refractivity (Wildman–Crippen MR) is 50.8 cm³/mol. The zero-order valence-corrected chi connectivity index (χ0v) is 9.10. The third kappa shape index (κ3) is 2.12. The van der Waals surface area contributed by atoms with Gasteiger partial charge in [0.25, 0.3) is 6.43 Å². The van der Waals surface area contributed by atoms with Crippen LogP contribution in [0.25, 0.3) is 0 Å². The number of halogens is 2. The molecule has 1 aliphatic heterocycles. The number of hydrogen-bond acceptors (Lipinski definition) is 5. The summed E-state index contributed by atoms with van der Waals surface area (Å²) in [6.07, 6.45) is -2.83. The summed E-state index contributed by atoms with van der Waals surface area (Å²) in [6, 6.07) is -0.283. The van der Waals surface area contributed by atoms with Crippen LogP contribution >= 0.6 is 0 Å². The van der Waals surface area contributed by atoms with Gasteiger partial charge in [-0.3, -0.25) is 0 Å². The number of aromatic nitrogens is 3. The Balaban J connectivity index is 2.32. The van der Waals surface area contributed by atoms with E-state index >= 15 is 0 Å². The van der Waals surface area contributed by atoms with E-state index in [1.165, 1.54) is 0 Å². The van der Waals surface area contributed by atoms with Crippen LogP contribution in [0.3, 0.4) is 0 Å². The van der Waals surface area contributed by atoms with Crippen molar-refractivity contribution in [3.05, 3.63) is 11.4 Å². The molecular weight excluding hydrogens is 236 g/mol. The van der Waals surface area contributed by atoms with Gasteiger partial charge in [-0.15, -0.1) is 5.10 Å². The van der Waals surface area contributed by atoms with Crippen molar-refractivity contribution in [2.75, 3.05) is 19.8 Å². The number of alkyl halides is 2. The van der Waals surface area contributed by atoms with E-state index in [9.17, 15) is 13.6 Å². The Hall–Kier alpha value is -1.57. The van der Waals surface area contributed by atoms with Gasteiger partial charge in [-0.2, -0.15) is 0 Å². The molecule has 1 fully saturated rings. The molecule has 0 spiro atoms. The number of hydrogen-bond donors (Lipinski definition) is 0. The minimum atomic E-state index is -2.83. The highest BCUT2D eigenvalue weighted by molar-refractivity contribution is 5.88. The van der Waals surface area contributed by atoms with Gasteiger partial charge >= 0.3 is 5.97 Å². The standard InChI is InChI=1S/C9H11F2N3O3/c1-2-17-9(15)6-7(8(10)11)14(13-12-6)5-3-16-4-5/h5,8H,2-4H2,1H3. The first kappa shape index (κ1) is 11.9. The lowest BCUT2D eigenvalue weighted by atomic mass is 10.2. The summed E-state index contributed by atoms with van der Waals surface area (Å²) in [5.41, 5.74) is -0.925. The van der Waals surface area contributed by atoms with Gasteiger partial charge < -0.3 is 9.47 Å². The maximum absolute atomic E-state index is 12.9. The third-order valence-corrected chi connectivity index (χ3v) is 2.37. The zero-order chi connectivity index (χ0) is 12.4. The largest absolute Gasteiger partial charge is 0.461 e. The molecule has 0 radical (unpaired) electrons. The fraction of sp³-hybridized carbons (Fsp3) is 0.667. The fourth-order valence-corrected chi connectivity index (χ4v) is 1.48. The van der Waals surface area contributed by atoms with Crippen LogP contribution in [0, 0.1) is 0 Å². The smallest absolute Gasteiger partial charge is 0.361 e. The van der Waals surface area contributed by atoms with Gasteiger partial charge in [0, 0.05) is 0 Å². The van der Waals surface area contributed by atoms with E-state index in [2.05, 4.69) is 15.0 Å². The summed E-state index contributed by atoms with van der Waals surface area (Å²) >= 11 is 0. The van der Waals surface area contributed by atoms with Crippen molar-refractivity contribution in [1.29, 1.82) is 0 Å². The molecule has 0 bridgehead atoms. The van der Waals surface area contributed by atoms with E-state index < -0.39 is 23.8 Å². The molecule has 1 saturated heterocycles. The third-order valence-electron chi connectivity index (χ3n) is 2.37. The van der Waals surface area contributed by atoms with Crippen LogP contribution in [0.15, 0.2) is 0 Å². The SMILES string of the molecule is CCOC(=O)c1nnn(C2COC2)c1C(F)F. The average molecular weight is 247 g/mol. The lowest BCUT2D eigenvalue weighted by molar-refractivity contribution is -0.0343. The van der Waals surface area contributed by atoms with Crippen LogP contribution < -0.4 is 0 Å². The van der Waals surface area contributed by atoms with Gasteiger partial charge in [0.05, 0.1) is 19.8 Å². The predicted octanol–water partition coefficient (Wildman–Crippen LogP) is 0.964. The van der Waals surface area contributed by atoms with E-state index in [0.29, 0.717) is 13.2 Å². The number of carbonyl (C=O) groups is 1. The second kappa shape index (κ2) is 4.74. The van der Waals surface area contributed by atoms with Crippen molar-refractivity contribution >= 4 is 5.97 Å². The first-order valence-corrected chi connectivity index (χ1v) is 5.13. The van der Waals surface area contributed by atoms with E-state index in [-0.39, 0.29) is 12.6 Å². The van der Waals surface area contributed by atoms with E-state index in [1.807, 2.05) is 0 Å². The van der Waals surface area contributed by atoms with Crippen LogP contribution in [0.1, 0.15) is 35.6 Å². The van der Waals surface area contributed by atoms with Crippen molar-refractivity contribution in [3.63, 3.8) is 0 Å². The number of carbonyl (C=O) groups excluding carboxylic acids is 1. The van der Waals surface area contributed by atoms with Crippen molar-refractivity contribution in [2.45, 2.75) is 19.4 Å². The Kier molecular flexibility index (Phi) is 3.32. The molecule has 1 aromatic rings. The average Bonchev–Trinajstić information content (AvgIpc) is 2.59. The summed E-state index contributed by atoms with van der Waals surface area (Å²) in [7, 11) is 0. The van der Waals surface area contributed by atoms with Crippen molar-refractivity contribution < 1.29 is 23.0 Å². The first-order valence-electron chi connectivity index (χ1n) is 5.13. The summed E-state index contributed by atoms with van der Waals surface area (Å²) in [5, 5.41) is 7.03. The second-order valence-corrected chi connectivity index (χ2v) is 3.48. The molecule has 0 aromatic carbocycles. The van der Waals surface area contributed by atoms with Crippen LogP contribution in [-0.4, -0.2) is 40.8 Å².